The van der Waals surface area contributed by atoms with Gasteiger partial charge in [-0.25, -0.2) is 14.6 Å². The van der Waals surface area contributed by atoms with Crippen molar-refractivity contribution in [1.82, 2.24) is 15.3 Å². The molecule has 9 nitrogen and oxygen atoms in total. The highest BCUT2D eigenvalue weighted by Crippen LogP contribution is 2.28. The van der Waals surface area contributed by atoms with E-state index in [2.05, 4.69) is 15.2 Å². The number of methoxy groups -OCH3 is 1. The van der Waals surface area contributed by atoms with Gasteiger partial charge in [0.25, 0.3) is 0 Å². The largest absolute Gasteiger partial charge is 0.481 e. The number of piperazine rings is 1. The molecule has 0 unspecified atom stereocenters. The summed E-state index contributed by atoms with van der Waals surface area (Å²) in [6.07, 6.45) is 5.69. The molecule has 0 spiro atoms. The van der Waals surface area contributed by atoms with Gasteiger partial charge in [-0.3, -0.25) is 0 Å². The number of fused-ring (bicyclic) bond motifs is 1. The molecule has 1 fully saturated rings. The standard InChI is InChI=1S/C13H20N4O.C4H4O4/c1-18-12-10-4-2-3-5-11(10)15-13(16-12)17-8-6-14-7-9-17;5-3(6)1-2-4(7)8/h14H,2-9H2,1H3;1-2H,(H,5,6)(H,7,8)/b;2-1+. The summed E-state index contributed by atoms with van der Waals surface area (Å²) in [5, 5.41) is 19.0. The molecule has 1 aliphatic carbocycles. The number of nitrogens with zero attached hydrogens (tertiary/aromatic N) is 3. The molecular formula is C17H24N4O5. The van der Waals surface area contributed by atoms with Crippen LogP contribution in [-0.2, 0) is 22.4 Å². The topological polar surface area (TPSA) is 125 Å². The van der Waals surface area contributed by atoms with Crippen LogP contribution in [0.2, 0.25) is 0 Å². The Morgan fingerprint density at radius 3 is 2.27 bits per heavy atom. The Balaban J connectivity index is 0.000000260. The van der Waals surface area contributed by atoms with Crippen molar-refractivity contribution < 1.29 is 24.5 Å². The summed E-state index contributed by atoms with van der Waals surface area (Å²) in [6.45, 7) is 3.95. The van der Waals surface area contributed by atoms with Gasteiger partial charge in [-0.05, 0) is 25.7 Å². The summed E-state index contributed by atoms with van der Waals surface area (Å²) in [5.74, 6) is -0.887. The molecular weight excluding hydrogens is 340 g/mol. The van der Waals surface area contributed by atoms with E-state index in [0.717, 1.165) is 50.8 Å². The number of rotatable bonds is 4. The first kappa shape index (κ1) is 19.6. The number of anilines is 1. The second-order valence-corrected chi connectivity index (χ2v) is 5.91. The van der Waals surface area contributed by atoms with E-state index in [1.807, 2.05) is 0 Å². The molecule has 2 aliphatic rings. The van der Waals surface area contributed by atoms with Crippen LogP contribution in [0.3, 0.4) is 0 Å². The molecule has 142 valence electrons. The molecule has 1 aromatic heterocycles. The van der Waals surface area contributed by atoms with E-state index in [4.69, 9.17) is 19.9 Å². The third-order valence-electron chi connectivity index (χ3n) is 4.10. The normalized spacial score (nSPS) is 16.4. The molecule has 0 amide bonds. The van der Waals surface area contributed by atoms with Crippen molar-refractivity contribution in [3.8, 4) is 5.88 Å². The smallest absolute Gasteiger partial charge is 0.328 e. The van der Waals surface area contributed by atoms with Gasteiger partial charge in [0.15, 0.2) is 0 Å². The molecule has 1 aromatic rings. The number of nitrogens with one attached hydrogen (secondary N) is 1. The zero-order valence-corrected chi connectivity index (χ0v) is 14.8. The quantitative estimate of drug-likeness (QED) is 0.654. The summed E-state index contributed by atoms with van der Waals surface area (Å²) in [7, 11) is 1.71. The van der Waals surface area contributed by atoms with Gasteiger partial charge >= 0.3 is 11.9 Å². The number of hydrogen-bond donors (Lipinski definition) is 3. The van der Waals surface area contributed by atoms with Crippen LogP contribution in [-0.4, -0.2) is 65.4 Å². The minimum absolute atomic E-state index is 0.558. The Bertz CT molecular complexity index is 638. The predicted octanol–water partition coefficient (Wildman–Crippen LogP) is 0.485. The van der Waals surface area contributed by atoms with E-state index in [-0.39, 0.29) is 0 Å². The van der Waals surface area contributed by atoms with Gasteiger partial charge in [-0.1, -0.05) is 0 Å². The molecule has 9 heteroatoms. The molecule has 0 aromatic carbocycles. The lowest BCUT2D eigenvalue weighted by Crippen LogP contribution is -2.44. The van der Waals surface area contributed by atoms with Gasteiger partial charge in [-0.2, -0.15) is 4.98 Å². The maximum atomic E-state index is 9.55. The first-order chi connectivity index (χ1) is 12.5. The van der Waals surface area contributed by atoms with E-state index in [1.165, 1.54) is 24.1 Å². The van der Waals surface area contributed by atoms with Gasteiger partial charge in [0.1, 0.15) is 0 Å². The van der Waals surface area contributed by atoms with Crippen molar-refractivity contribution in [2.45, 2.75) is 25.7 Å². The van der Waals surface area contributed by atoms with Crippen LogP contribution in [0, 0.1) is 0 Å². The third kappa shape index (κ3) is 5.69. The van der Waals surface area contributed by atoms with Crippen molar-refractivity contribution in [3.63, 3.8) is 0 Å². The first-order valence-corrected chi connectivity index (χ1v) is 8.54. The second-order valence-electron chi connectivity index (χ2n) is 5.91. The lowest BCUT2D eigenvalue weighted by Gasteiger charge is -2.29. The number of hydrogen-bond acceptors (Lipinski definition) is 7. The molecule has 2 heterocycles. The Hall–Kier alpha value is -2.68. The lowest BCUT2D eigenvalue weighted by atomic mass is 9.97. The van der Waals surface area contributed by atoms with Crippen LogP contribution >= 0.6 is 0 Å². The second kappa shape index (κ2) is 9.71. The molecule has 1 aliphatic heterocycles. The summed E-state index contributed by atoms with van der Waals surface area (Å²) in [6, 6.07) is 0. The zero-order valence-electron chi connectivity index (χ0n) is 14.8. The number of carbonyl (C=O) groups is 2. The van der Waals surface area contributed by atoms with Crippen molar-refractivity contribution in [2.24, 2.45) is 0 Å². The average Bonchev–Trinajstić information content (AvgIpc) is 2.66. The fraction of sp³-hybridized carbons (Fsp3) is 0.529. The van der Waals surface area contributed by atoms with Crippen molar-refractivity contribution in [1.29, 1.82) is 0 Å². The number of carboxylic acids is 2. The molecule has 0 radical (unpaired) electrons. The van der Waals surface area contributed by atoms with Gasteiger partial charge in [0, 0.05) is 43.9 Å². The van der Waals surface area contributed by atoms with Crippen LogP contribution < -0.4 is 15.0 Å². The van der Waals surface area contributed by atoms with Crippen molar-refractivity contribution in [2.75, 3.05) is 38.2 Å². The van der Waals surface area contributed by atoms with Crippen molar-refractivity contribution >= 4 is 17.9 Å². The summed E-state index contributed by atoms with van der Waals surface area (Å²) >= 11 is 0. The van der Waals surface area contributed by atoms with Crippen LogP contribution in [0.15, 0.2) is 12.2 Å². The SMILES string of the molecule is COc1nc(N2CCNCC2)nc2c1CCCC2.O=C(O)/C=C/C(=O)O. The maximum absolute atomic E-state index is 9.55. The monoisotopic (exact) mass is 364 g/mol. The van der Waals surface area contributed by atoms with Crippen LogP contribution in [0.1, 0.15) is 24.1 Å². The number of aryl methyl sites for hydroxylation is 1. The first-order valence-electron chi connectivity index (χ1n) is 8.54. The van der Waals surface area contributed by atoms with Crippen LogP contribution in [0.4, 0.5) is 5.95 Å². The van der Waals surface area contributed by atoms with Crippen molar-refractivity contribution in [3.05, 3.63) is 23.4 Å². The van der Waals surface area contributed by atoms with Crippen LogP contribution in [0.5, 0.6) is 5.88 Å². The van der Waals surface area contributed by atoms with E-state index < -0.39 is 11.9 Å². The number of aliphatic carboxylic acids is 2. The Labute approximate surface area is 151 Å². The molecule has 1 saturated heterocycles. The predicted molar refractivity (Wildman–Crippen MR) is 94.7 cm³/mol. The average molecular weight is 364 g/mol. The molecule has 3 N–H and O–H groups in total. The summed E-state index contributed by atoms with van der Waals surface area (Å²) in [5.41, 5.74) is 2.42. The van der Waals surface area contributed by atoms with E-state index in [0.29, 0.717) is 12.2 Å². The van der Waals surface area contributed by atoms with Crippen LogP contribution in [0.25, 0.3) is 0 Å². The van der Waals surface area contributed by atoms with Gasteiger partial charge < -0.3 is 25.2 Å². The minimum Gasteiger partial charge on any atom is -0.481 e. The summed E-state index contributed by atoms with van der Waals surface area (Å²) < 4.78 is 5.45. The number of carboxylic acid groups (broad SMARTS) is 2. The Morgan fingerprint density at radius 1 is 1.08 bits per heavy atom. The molecule has 0 saturated carbocycles. The fourth-order valence-corrected chi connectivity index (χ4v) is 2.86. The van der Waals surface area contributed by atoms with Gasteiger partial charge in [0.05, 0.1) is 12.8 Å². The molecule has 0 bridgehead atoms. The highest BCUT2D eigenvalue weighted by atomic mass is 16.5. The fourth-order valence-electron chi connectivity index (χ4n) is 2.86. The minimum atomic E-state index is -1.26. The maximum Gasteiger partial charge on any atom is 0.328 e. The van der Waals surface area contributed by atoms with E-state index in [9.17, 15) is 9.59 Å². The third-order valence-corrected chi connectivity index (χ3v) is 4.10. The highest BCUT2D eigenvalue weighted by Gasteiger charge is 2.21. The lowest BCUT2D eigenvalue weighted by molar-refractivity contribution is -0.134. The Kier molecular flexibility index (Phi) is 7.34. The van der Waals surface area contributed by atoms with Gasteiger partial charge in [-0.15, -0.1) is 0 Å². The molecule has 3 rings (SSSR count). The number of aromatic nitrogens is 2. The zero-order chi connectivity index (χ0) is 18.9. The molecule has 0 atom stereocenters. The molecule has 26 heavy (non-hydrogen) atoms. The van der Waals surface area contributed by atoms with Gasteiger partial charge in [0.2, 0.25) is 11.8 Å². The van der Waals surface area contributed by atoms with E-state index >= 15 is 0 Å². The highest BCUT2D eigenvalue weighted by molar-refractivity contribution is 5.89. The Morgan fingerprint density at radius 2 is 1.69 bits per heavy atom. The summed E-state index contributed by atoms with van der Waals surface area (Å²) in [4.78, 5) is 30.7. The van der Waals surface area contributed by atoms with E-state index in [1.54, 1.807) is 7.11 Å². The number of ether oxygens (including phenoxy) is 1.